The van der Waals surface area contributed by atoms with Gasteiger partial charge >= 0.3 is 0 Å². The third-order valence-electron chi connectivity index (χ3n) is 2.06. The van der Waals surface area contributed by atoms with E-state index in [-0.39, 0.29) is 18.0 Å². The van der Waals surface area contributed by atoms with Crippen LogP contribution in [0.2, 0.25) is 0 Å². The van der Waals surface area contributed by atoms with E-state index in [1.54, 1.807) is 6.92 Å². The van der Waals surface area contributed by atoms with E-state index in [4.69, 9.17) is 0 Å². The minimum Gasteiger partial charge on any atom is -0.299 e. The average Bonchev–Trinajstić information content (AvgIpc) is 2.03. The fraction of sp³-hybridized carbons (Fsp3) is 0.800. The molecule has 1 atom stereocenters. The summed E-state index contributed by atoms with van der Waals surface area (Å²) in [5, 5.41) is 0. The molecule has 0 aromatic carbocycles. The second-order valence-corrected chi connectivity index (χ2v) is 3.33. The maximum absolute atomic E-state index is 11.2. The predicted molar refractivity (Wildman–Crippen MR) is 49.0 cm³/mol. The van der Waals surface area contributed by atoms with Gasteiger partial charge in [-0.25, -0.2) is 0 Å². The van der Waals surface area contributed by atoms with Crippen LogP contribution in [0.3, 0.4) is 0 Å². The van der Waals surface area contributed by atoms with Crippen LogP contribution in [0.5, 0.6) is 0 Å². The summed E-state index contributed by atoms with van der Waals surface area (Å²) >= 11 is 0. The van der Waals surface area contributed by atoms with Gasteiger partial charge in [0.1, 0.15) is 11.6 Å². The van der Waals surface area contributed by atoms with Crippen LogP contribution >= 0.6 is 0 Å². The summed E-state index contributed by atoms with van der Waals surface area (Å²) in [5.74, 6) is 0.571. The molecule has 0 aliphatic carbocycles. The Morgan fingerprint density at radius 3 is 2.17 bits per heavy atom. The molecule has 0 spiro atoms. The average molecular weight is 170 g/mol. The predicted octanol–water partition coefficient (Wildman–Crippen LogP) is 2.36. The van der Waals surface area contributed by atoms with Crippen molar-refractivity contribution in [3.8, 4) is 0 Å². The highest BCUT2D eigenvalue weighted by Crippen LogP contribution is 2.08. The molecule has 2 nitrogen and oxygen atoms in total. The fourth-order valence-electron chi connectivity index (χ4n) is 0.950. The van der Waals surface area contributed by atoms with Crippen LogP contribution in [0, 0.1) is 5.92 Å². The van der Waals surface area contributed by atoms with Crippen LogP contribution in [0.4, 0.5) is 0 Å². The fourth-order valence-corrected chi connectivity index (χ4v) is 0.950. The summed E-state index contributed by atoms with van der Waals surface area (Å²) in [6.07, 6.45) is 2.18. The van der Waals surface area contributed by atoms with Gasteiger partial charge in [-0.1, -0.05) is 27.2 Å². The van der Waals surface area contributed by atoms with E-state index in [2.05, 4.69) is 6.92 Å². The highest BCUT2D eigenvalue weighted by atomic mass is 16.1. The molecule has 0 aliphatic heterocycles. The lowest BCUT2D eigenvalue weighted by Gasteiger charge is -2.05. The van der Waals surface area contributed by atoms with Crippen molar-refractivity contribution in [3.63, 3.8) is 0 Å². The Labute approximate surface area is 74.3 Å². The van der Waals surface area contributed by atoms with Crippen molar-refractivity contribution in [1.29, 1.82) is 0 Å². The molecule has 0 aromatic heterocycles. The zero-order valence-corrected chi connectivity index (χ0v) is 8.22. The molecule has 70 valence electrons. The molecular formula is C10H18O2. The zero-order chi connectivity index (χ0) is 9.56. The summed E-state index contributed by atoms with van der Waals surface area (Å²) in [4.78, 5) is 22.0. The molecule has 0 heterocycles. The van der Waals surface area contributed by atoms with E-state index in [1.807, 2.05) is 6.92 Å². The van der Waals surface area contributed by atoms with Crippen LogP contribution in [0.1, 0.15) is 46.5 Å². The van der Waals surface area contributed by atoms with Crippen LogP contribution < -0.4 is 0 Å². The number of hydrogen-bond donors (Lipinski definition) is 0. The lowest BCUT2D eigenvalue weighted by atomic mass is 9.99. The summed E-state index contributed by atoms with van der Waals surface area (Å²) in [5.41, 5.74) is 0. The van der Waals surface area contributed by atoms with Gasteiger partial charge in [0.25, 0.3) is 0 Å². The normalized spacial score (nSPS) is 12.6. The first-order valence-electron chi connectivity index (χ1n) is 4.63. The van der Waals surface area contributed by atoms with Gasteiger partial charge in [-0.3, -0.25) is 9.59 Å². The van der Waals surface area contributed by atoms with Crippen molar-refractivity contribution in [3.05, 3.63) is 0 Å². The summed E-state index contributed by atoms with van der Waals surface area (Å²) in [6, 6.07) is 0. The standard InChI is InChI=1S/C10H18O2/c1-4-8(3)6-10(12)7-9(11)5-2/h8H,4-7H2,1-3H3. The van der Waals surface area contributed by atoms with Crippen molar-refractivity contribution in [2.24, 2.45) is 5.92 Å². The molecule has 0 saturated heterocycles. The smallest absolute Gasteiger partial charge is 0.140 e. The van der Waals surface area contributed by atoms with E-state index in [0.29, 0.717) is 18.8 Å². The topological polar surface area (TPSA) is 34.1 Å². The number of carbonyl (C=O) groups excluding carboxylic acids is 2. The van der Waals surface area contributed by atoms with E-state index in [1.165, 1.54) is 0 Å². The summed E-state index contributed by atoms with van der Waals surface area (Å²) in [7, 11) is 0. The van der Waals surface area contributed by atoms with Crippen molar-refractivity contribution in [2.75, 3.05) is 0 Å². The Balaban J connectivity index is 3.66. The molecule has 0 rings (SSSR count). The molecule has 0 radical (unpaired) electrons. The van der Waals surface area contributed by atoms with Crippen molar-refractivity contribution in [1.82, 2.24) is 0 Å². The number of ketones is 2. The highest BCUT2D eigenvalue weighted by Gasteiger charge is 2.10. The van der Waals surface area contributed by atoms with Crippen molar-refractivity contribution >= 4 is 11.6 Å². The first kappa shape index (κ1) is 11.3. The molecule has 0 aliphatic rings. The minimum atomic E-state index is 0.0586. The summed E-state index contributed by atoms with van der Waals surface area (Å²) in [6.45, 7) is 5.88. The third-order valence-corrected chi connectivity index (χ3v) is 2.06. The Morgan fingerprint density at radius 2 is 1.75 bits per heavy atom. The minimum absolute atomic E-state index is 0.0586. The van der Waals surface area contributed by atoms with E-state index >= 15 is 0 Å². The second-order valence-electron chi connectivity index (χ2n) is 3.33. The van der Waals surface area contributed by atoms with Crippen LogP contribution in [-0.2, 0) is 9.59 Å². The molecule has 0 amide bonds. The summed E-state index contributed by atoms with van der Waals surface area (Å²) < 4.78 is 0. The SMILES string of the molecule is CCC(=O)CC(=O)CC(C)CC. The Hall–Kier alpha value is -0.660. The largest absolute Gasteiger partial charge is 0.299 e. The molecule has 0 saturated carbocycles. The molecule has 0 aromatic rings. The van der Waals surface area contributed by atoms with E-state index in [0.717, 1.165) is 6.42 Å². The maximum Gasteiger partial charge on any atom is 0.140 e. The van der Waals surface area contributed by atoms with Gasteiger partial charge in [-0.2, -0.15) is 0 Å². The maximum atomic E-state index is 11.2. The Kier molecular flexibility index (Phi) is 5.60. The van der Waals surface area contributed by atoms with Crippen molar-refractivity contribution in [2.45, 2.75) is 46.5 Å². The first-order valence-corrected chi connectivity index (χ1v) is 4.63. The van der Waals surface area contributed by atoms with Crippen molar-refractivity contribution < 1.29 is 9.59 Å². The van der Waals surface area contributed by atoms with Gasteiger partial charge in [0.15, 0.2) is 0 Å². The van der Waals surface area contributed by atoms with Crippen LogP contribution in [0.15, 0.2) is 0 Å². The number of rotatable bonds is 6. The van der Waals surface area contributed by atoms with Gasteiger partial charge in [0.2, 0.25) is 0 Å². The number of hydrogen-bond acceptors (Lipinski definition) is 2. The highest BCUT2D eigenvalue weighted by molar-refractivity contribution is 5.98. The molecule has 12 heavy (non-hydrogen) atoms. The first-order chi connectivity index (χ1) is 5.60. The van der Waals surface area contributed by atoms with Crippen LogP contribution in [-0.4, -0.2) is 11.6 Å². The third kappa shape index (κ3) is 5.05. The van der Waals surface area contributed by atoms with E-state index in [9.17, 15) is 9.59 Å². The number of carbonyl (C=O) groups is 2. The van der Waals surface area contributed by atoms with Gasteiger partial charge in [0.05, 0.1) is 6.42 Å². The van der Waals surface area contributed by atoms with Gasteiger partial charge in [0, 0.05) is 12.8 Å². The van der Waals surface area contributed by atoms with Crippen LogP contribution in [0.25, 0.3) is 0 Å². The molecular weight excluding hydrogens is 152 g/mol. The quantitative estimate of drug-likeness (QED) is 0.573. The van der Waals surface area contributed by atoms with Gasteiger partial charge < -0.3 is 0 Å². The second kappa shape index (κ2) is 5.92. The molecule has 0 fully saturated rings. The lowest BCUT2D eigenvalue weighted by Crippen LogP contribution is -2.09. The molecule has 0 N–H and O–H groups in total. The molecule has 2 heteroatoms. The van der Waals surface area contributed by atoms with Gasteiger partial charge in [-0.15, -0.1) is 0 Å². The zero-order valence-electron chi connectivity index (χ0n) is 8.22. The Bertz CT molecular complexity index is 161. The van der Waals surface area contributed by atoms with Gasteiger partial charge in [-0.05, 0) is 5.92 Å². The molecule has 0 bridgehead atoms. The number of Topliss-reactive ketones (excluding diaryl/α,β-unsaturated/α-hetero) is 2. The van der Waals surface area contributed by atoms with E-state index < -0.39 is 0 Å². The monoisotopic (exact) mass is 170 g/mol. The Morgan fingerprint density at radius 1 is 1.17 bits per heavy atom. The lowest BCUT2D eigenvalue weighted by molar-refractivity contribution is -0.127. The molecule has 1 unspecified atom stereocenters.